The van der Waals surface area contributed by atoms with Gasteiger partial charge in [-0.2, -0.15) is 0 Å². The molecule has 8 rings (SSSR count). The number of benzene rings is 4. The number of alkyl carbamates (subject to hydrolysis) is 1. The summed E-state index contributed by atoms with van der Waals surface area (Å²) in [6.07, 6.45) is 4.70. The topological polar surface area (TPSA) is 446 Å². The molecule has 0 spiro atoms. The summed E-state index contributed by atoms with van der Waals surface area (Å²) in [7, 11) is 1.53. The van der Waals surface area contributed by atoms with Crippen molar-refractivity contribution in [3.05, 3.63) is 125 Å². The van der Waals surface area contributed by atoms with Gasteiger partial charge in [-0.1, -0.05) is 154 Å². The molecular formula is C90H117F2N9O21. The van der Waals surface area contributed by atoms with E-state index in [2.05, 4.69) is 31.3 Å². The monoisotopic (exact) mass is 1700 g/mol. The molecule has 10 atom stereocenters. The minimum atomic E-state index is -1.23. The van der Waals surface area contributed by atoms with Crippen molar-refractivity contribution in [2.24, 2.45) is 58.8 Å². The molecule has 2 aliphatic heterocycles. The zero-order valence-corrected chi connectivity index (χ0v) is 70.6. The first-order chi connectivity index (χ1) is 58.2. The minimum Gasteiger partial charge on any atom is -0.497 e. The van der Waals surface area contributed by atoms with Crippen LogP contribution in [0.2, 0.25) is 0 Å². The molecule has 2 aliphatic carbocycles. The second-order valence-corrected chi connectivity index (χ2v) is 32.7. The smallest absolute Gasteiger partial charge is 0.407 e. The van der Waals surface area contributed by atoms with Crippen LogP contribution in [0.3, 0.4) is 0 Å². The maximum atomic E-state index is 15.1. The molecule has 4 aliphatic rings. The van der Waals surface area contributed by atoms with Crippen molar-refractivity contribution >= 4 is 106 Å². The number of ether oxygens (including phenoxy) is 4. The van der Waals surface area contributed by atoms with Crippen molar-refractivity contribution in [1.29, 1.82) is 0 Å². The fraction of sp³-hybridized carbons (Fsp3) is 0.544. The summed E-state index contributed by atoms with van der Waals surface area (Å²) in [5.74, 6) is -17.0. The maximum Gasteiger partial charge on any atom is 0.407 e. The number of nitrogens with one attached hydrogen (secondary N) is 5. The number of amides is 9. The van der Waals surface area contributed by atoms with Gasteiger partial charge in [0.2, 0.25) is 47.0 Å². The summed E-state index contributed by atoms with van der Waals surface area (Å²) in [6.45, 7) is 11.1. The van der Waals surface area contributed by atoms with Crippen molar-refractivity contribution in [3.63, 3.8) is 0 Å². The van der Waals surface area contributed by atoms with Gasteiger partial charge in [-0.15, -0.1) is 0 Å². The SMILES string of the molecule is CCCC(CC(=O)[C@@H]1C[C@@H](NC(=O)Nc2ccc(OC)cc2)CN1C(=O)[C@@H](CC(=O)OCC(C)C)C1CCCCC1)C(=O)C(=O)CCC(=O)N[C@H](C(N)=O)c1ccccc1.CCCC(CC(=O)[C@@H]1C[C@@H](NC(=O)OCC(C)C)CN1C(=O)[C@@H](CC(=O)c1c(F)ccc(F)c1OC=O)C1CCCCC1)C(=O)C(=O)CCC(=O)N[C@H](C(N)=O)c1ccccc1. The average Bonchev–Trinajstić information content (AvgIpc) is 1.61. The first-order valence-electron chi connectivity index (χ1n) is 42.3. The number of anilines is 1. The van der Waals surface area contributed by atoms with Crippen LogP contribution >= 0.6 is 0 Å². The molecule has 2 heterocycles. The van der Waals surface area contributed by atoms with Crippen molar-refractivity contribution in [2.45, 2.75) is 232 Å². The first-order valence-corrected chi connectivity index (χ1v) is 42.3. The van der Waals surface area contributed by atoms with Crippen molar-refractivity contribution < 1.29 is 109 Å². The molecule has 662 valence electrons. The lowest BCUT2D eigenvalue weighted by atomic mass is 9.76. The Balaban J connectivity index is 0.000000336. The van der Waals surface area contributed by atoms with Gasteiger partial charge < -0.3 is 66.8 Å². The van der Waals surface area contributed by atoms with Gasteiger partial charge in [-0.3, -0.25) is 71.9 Å². The number of rotatable bonds is 45. The number of hydrogen-bond donors (Lipinski definition) is 7. The van der Waals surface area contributed by atoms with Gasteiger partial charge in [0.05, 0.1) is 62.4 Å². The predicted octanol–water partition coefficient (Wildman–Crippen LogP) is 10.5. The van der Waals surface area contributed by atoms with E-state index in [1.165, 1.54) is 16.9 Å². The van der Waals surface area contributed by atoms with E-state index in [0.717, 1.165) is 51.4 Å². The van der Waals surface area contributed by atoms with E-state index in [4.69, 9.17) is 25.7 Å². The molecule has 122 heavy (non-hydrogen) atoms. The van der Waals surface area contributed by atoms with E-state index >= 15 is 4.39 Å². The Morgan fingerprint density at radius 1 is 0.525 bits per heavy atom. The van der Waals surface area contributed by atoms with Gasteiger partial charge in [-0.25, -0.2) is 18.4 Å². The van der Waals surface area contributed by atoms with Crippen LogP contribution in [0, 0.1) is 59.0 Å². The van der Waals surface area contributed by atoms with Gasteiger partial charge in [0.1, 0.15) is 23.7 Å². The molecular weight excluding hydrogens is 1580 g/mol. The number of nitrogens with two attached hydrogens (primary N) is 2. The Hall–Kier alpha value is -11.5. The number of ketones is 7. The standard InChI is InChI=1S/C45H56F2N4O11.C45H61N5O10/c1-4-11-29(41(57)35(53)18-19-38(56)50-40(43(48)58)28-14-9-6-10-15-28)20-36(54)34-21-30(49-45(60)61-24-26(2)3)23-51(34)44(59)31(27-12-7-5-8-13-27)22-37(55)39-32(46)16-17-33(47)42(39)62-25-52;1-5-12-31(42(55)37(51)21-22-39(53)49-41(43(46)56)30-15-10-7-11-16-30)23-38(52)36-24-33(48-45(58)47-32-17-19-34(59-4)20-18-32)26-50(36)44(57)35(29-13-8-6-9-14-29)25-40(54)60-27-28(2)3/h6,9-10,14-17,25-27,29-31,34,40H,4-5,7-8,11-13,18-24H2,1-3H3,(H2,48,58)(H,49,60)(H,50,56);7,10-11,15-20,28-29,31,33,35-36,41H,5-6,8-9,12-14,21-27H2,1-4H3,(H2,46,56)(H,49,53)(H2,47,48,58)/t29?,30-,31+,34+,40+;31?,33-,35+,36+,41+/m11/s1. The van der Waals surface area contributed by atoms with E-state index in [9.17, 15) is 85.9 Å². The third-order valence-corrected chi connectivity index (χ3v) is 22.5. The number of esters is 1. The molecule has 9 amide bonds. The number of carbonyl (C=O) groups is 17. The molecule has 4 aromatic rings. The van der Waals surface area contributed by atoms with Crippen LogP contribution in [0.5, 0.6) is 11.5 Å². The Bertz CT molecular complexity index is 4330. The molecule has 2 unspecified atom stereocenters. The fourth-order valence-electron chi connectivity index (χ4n) is 16.3. The number of nitrogens with zero attached hydrogens (tertiary/aromatic N) is 2. The number of Topliss-reactive ketones (excluding diaryl/α,β-unsaturated/α-hetero) is 7. The van der Waals surface area contributed by atoms with E-state index in [-0.39, 0.29) is 101 Å². The van der Waals surface area contributed by atoms with Crippen LogP contribution < -0.4 is 47.5 Å². The normalized spacial score (nSPS) is 18.0. The first kappa shape index (κ1) is 97.6. The second kappa shape index (κ2) is 48.8. The van der Waals surface area contributed by atoms with E-state index in [0.29, 0.717) is 60.4 Å². The van der Waals surface area contributed by atoms with Gasteiger partial charge in [0.15, 0.2) is 40.5 Å². The van der Waals surface area contributed by atoms with Crippen LogP contribution in [0.15, 0.2) is 97.1 Å². The van der Waals surface area contributed by atoms with Gasteiger partial charge >= 0.3 is 18.1 Å². The Labute approximate surface area is 709 Å². The van der Waals surface area contributed by atoms with E-state index < -0.39 is 209 Å². The molecule has 0 radical (unpaired) electrons. The van der Waals surface area contributed by atoms with Crippen molar-refractivity contribution in [2.75, 3.05) is 38.7 Å². The highest BCUT2D eigenvalue weighted by Crippen LogP contribution is 2.40. The van der Waals surface area contributed by atoms with Crippen molar-refractivity contribution in [3.8, 4) is 11.5 Å². The number of methoxy groups -OCH3 is 1. The average molecular weight is 1700 g/mol. The highest BCUT2D eigenvalue weighted by molar-refractivity contribution is 6.39. The largest absolute Gasteiger partial charge is 0.497 e. The van der Waals surface area contributed by atoms with Crippen LogP contribution in [-0.4, -0.2) is 168 Å². The number of halogens is 2. The third kappa shape index (κ3) is 29.4. The second-order valence-electron chi connectivity index (χ2n) is 32.7. The summed E-state index contributed by atoms with van der Waals surface area (Å²) in [6, 6.07) is 18.2. The van der Waals surface area contributed by atoms with Gasteiger partial charge in [-0.05, 0) is 123 Å². The van der Waals surface area contributed by atoms with Crippen LogP contribution in [0.25, 0.3) is 0 Å². The number of hydrogen-bond acceptors (Lipinski definition) is 21. The molecule has 0 aromatic heterocycles. The Morgan fingerprint density at radius 3 is 1.39 bits per heavy atom. The molecule has 0 bridgehead atoms. The predicted molar refractivity (Wildman–Crippen MR) is 442 cm³/mol. The zero-order chi connectivity index (χ0) is 89.3. The lowest BCUT2D eigenvalue weighted by molar-refractivity contribution is -0.152. The minimum absolute atomic E-state index is 0.00868. The number of carbonyl (C=O) groups excluding carboxylic acids is 17. The quantitative estimate of drug-likeness (QED) is 0.00935. The van der Waals surface area contributed by atoms with Gasteiger partial charge in [0, 0.05) is 81.5 Å². The zero-order valence-electron chi connectivity index (χ0n) is 70.6. The molecule has 32 heteroatoms. The third-order valence-electron chi connectivity index (χ3n) is 22.5. The highest BCUT2D eigenvalue weighted by atomic mass is 19.1. The summed E-state index contributed by atoms with van der Waals surface area (Å²) in [4.78, 5) is 228. The molecule has 2 saturated carbocycles. The Kier molecular flexibility index (Phi) is 39.1. The summed E-state index contributed by atoms with van der Waals surface area (Å²) in [5.41, 5.74) is 11.6. The maximum absolute atomic E-state index is 15.1. The molecule has 9 N–H and O–H groups in total. The van der Waals surface area contributed by atoms with Crippen molar-refractivity contribution in [1.82, 2.24) is 31.1 Å². The summed E-state index contributed by atoms with van der Waals surface area (Å²) in [5, 5.41) is 13.4. The van der Waals surface area contributed by atoms with Crippen LogP contribution in [0.1, 0.15) is 229 Å². The number of urea groups is 1. The summed E-state index contributed by atoms with van der Waals surface area (Å²) < 4.78 is 50.5. The Morgan fingerprint density at radius 2 is 0.959 bits per heavy atom. The van der Waals surface area contributed by atoms with Gasteiger partial charge in [0.25, 0.3) is 6.47 Å². The highest BCUT2D eigenvalue weighted by Gasteiger charge is 2.48. The molecule has 4 fully saturated rings. The number of likely N-dealkylation sites (tertiary alicyclic amines) is 2. The number of primary amides is 2. The van der Waals surface area contributed by atoms with E-state index in [1.54, 1.807) is 91.9 Å². The van der Waals surface area contributed by atoms with Crippen LogP contribution in [0.4, 0.5) is 24.1 Å². The fourth-order valence-corrected chi connectivity index (χ4v) is 16.3. The lowest BCUT2D eigenvalue weighted by Gasteiger charge is -2.34. The van der Waals surface area contributed by atoms with Crippen LogP contribution in [-0.2, 0) is 76.6 Å². The lowest BCUT2D eigenvalue weighted by Crippen LogP contribution is -2.47. The summed E-state index contributed by atoms with van der Waals surface area (Å²) >= 11 is 0. The van der Waals surface area contributed by atoms with E-state index in [1.807, 2.05) is 34.6 Å². The molecule has 2 saturated heterocycles. The molecule has 4 aromatic carbocycles. The molecule has 30 nitrogen and oxygen atoms in total.